The van der Waals surface area contributed by atoms with Crippen LogP contribution in [-0.4, -0.2) is 19.1 Å². The standard InChI is InChI=1S/C16H36N2/c1-5-7-11-16(6-2)13-18-12-14(3)9-8-10-15(4)17/h14-16,18H,5-13,17H2,1-4H3. The largest absolute Gasteiger partial charge is 0.328 e. The average molecular weight is 256 g/mol. The summed E-state index contributed by atoms with van der Waals surface area (Å²) in [6.07, 6.45) is 9.14. The lowest BCUT2D eigenvalue weighted by Gasteiger charge is -2.18. The van der Waals surface area contributed by atoms with Crippen LogP contribution in [0.5, 0.6) is 0 Å². The maximum atomic E-state index is 5.77. The van der Waals surface area contributed by atoms with E-state index in [9.17, 15) is 0 Å². The summed E-state index contributed by atoms with van der Waals surface area (Å²) >= 11 is 0. The van der Waals surface area contributed by atoms with Gasteiger partial charge in [-0.3, -0.25) is 0 Å². The smallest absolute Gasteiger partial charge is 0.00104 e. The molecule has 0 aromatic heterocycles. The molecule has 0 amide bonds. The van der Waals surface area contributed by atoms with Gasteiger partial charge in [0.25, 0.3) is 0 Å². The highest BCUT2D eigenvalue weighted by molar-refractivity contribution is 4.64. The SMILES string of the molecule is CCCCC(CC)CNCC(C)CCCC(C)N. The third kappa shape index (κ3) is 11.0. The van der Waals surface area contributed by atoms with E-state index in [1.165, 1.54) is 58.0 Å². The Morgan fingerprint density at radius 3 is 2.22 bits per heavy atom. The minimum atomic E-state index is 0.365. The van der Waals surface area contributed by atoms with Crippen molar-refractivity contribution in [3.63, 3.8) is 0 Å². The van der Waals surface area contributed by atoms with Gasteiger partial charge in [0.1, 0.15) is 0 Å². The lowest BCUT2D eigenvalue weighted by molar-refractivity contribution is 0.386. The first kappa shape index (κ1) is 17.9. The summed E-state index contributed by atoms with van der Waals surface area (Å²) in [4.78, 5) is 0. The molecule has 3 N–H and O–H groups in total. The minimum absolute atomic E-state index is 0.365. The van der Waals surface area contributed by atoms with Crippen LogP contribution in [-0.2, 0) is 0 Å². The second kappa shape index (κ2) is 12.0. The molecule has 0 aliphatic rings. The van der Waals surface area contributed by atoms with Crippen molar-refractivity contribution in [3.05, 3.63) is 0 Å². The van der Waals surface area contributed by atoms with E-state index in [-0.39, 0.29) is 0 Å². The monoisotopic (exact) mass is 256 g/mol. The fraction of sp³-hybridized carbons (Fsp3) is 1.00. The van der Waals surface area contributed by atoms with Gasteiger partial charge in [0.2, 0.25) is 0 Å². The van der Waals surface area contributed by atoms with Gasteiger partial charge in [0.15, 0.2) is 0 Å². The molecule has 0 saturated heterocycles. The molecule has 18 heavy (non-hydrogen) atoms. The molecule has 0 heterocycles. The number of unbranched alkanes of at least 4 members (excludes halogenated alkanes) is 1. The van der Waals surface area contributed by atoms with Crippen LogP contribution in [0, 0.1) is 11.8 Å². The Kier molecular flexibility index (Phi) is 11.9. The molecular weight excluding hydrogens is 220 g/mol. The predicted octanol–water partition coefficient (Wildman–Crippen LogP) is 3.95. The van der Waals surface area contributed by atoms with Crippen LogP contribution >= 0.6 is 0 Å². The summed E-state index contributed by atoms with van der Waals surface area (Å²) < 4.78 is 0. The van der Waals surface area contributed by atoms with Crippen LogP contribution in [0.4, 0.5) is 0 Å². The van der Waals surface area contributed by atoms with Crippen molar-refractivity contribution < 1.29 is 0 Å². The Morgan fingerprint density at radius 1 is 0.944 bits per heavy atom. The van der Waals surface area contributed by atoms with Crippen molar-refractivity contribution in [2.75, 3.05) is 13.1 Å². The van der Waals surface area contributed by atoms with Gasteiger partial charge in [-0.2, -0.15) is 0 Å². The number of nitrogens with two attached hydrogens (primary N) is 1. The van der Waals surface area contributed by atoms with Gasteiger partial charge in [-0.25, -0.2) is 0 Å². The normalized spacial score (nSPS) is 16.5. The fourth-order valence-corrected chi connectivity index (χ4v) is 2.37. The number of rotatable bonds is 12. The number of hydrogen-bond acceptors (Lipinski definition) is 2. The van der Waals surface area contributed by atoms with Gasteiger partial charge in [-0.15, -0.1) is 0 Å². The van der Waals surface area contributed by atoms with Crippen molar-refractivity contribution in [1.29, 1.82) is 0 Å². The van der Waals surface area contributed by atoms with Gasteiger partial charge < -0.3 is 11.1 Å². The second-order valence-electron chi connectivity index (χ2n) is 6.09. The van der Waals surface area contributed by atoms with Crippen LogP contribution in [0.15, 0.2) is 0 Å². The van der Waals surface area contributed by atoms with Crippen molar-refractivity contribution in [2.45, 2.75) is 78.7 Å². The van der Waals surface area contributed by atoms with E-state index in [0.717, 1.165) is 11.8 Å². The van der Waals surface area contributed by atoms with Gasteiger partial charge in [-0.05, 0) is 51.1 Å². The first-order valence-corrected chi connectivity index (χ1v) is 8.06. The summed E-state index contributed by atoms with van der Waals surface area (Å²) in [5, 5.41) is 3.65. The number of hydrogen-bond donors (Lipinski definition) is 2. The van der Waals surface area contributed by atoms with E-state index in [1.807, 2.05) is 0 Å². The van der Waals surface area contributed by atoms with Gasteiger partial charge in [0.05, 0.1) is 0 Å². The van der Waals surface area contributed by atoms with Crippen LogP contribution in [0.2, 0.25) is 0 Å². The molecule has 0 radical (unpaired) electrons. The fourth-order valence-electron chi connectivity index (χ4n) is 2.37. The first-order chi connectivity index (χ1) is 8.60. The molecule has 110 valence electrons. The highest BCUT2D eigenvalue weighted by Gasteiger charge is 2.07. The maximum Gasteiger partial charge on any atom is 0.00104 e. The predicted molar refractivity (Wildman–Crippen MR) is 82.8 cm³/mol. The van der Waals surface area contributed by atoms with Gasteiger partial charge >= 0.3 is 0 Å². The Labute approximate surface area is 115 Å². The molecule has 0 spiro atoms. The maximum absolute atomic E-state index is 5.77. The molecule has 0 rings (SSSR count). The molecule has 0 aromatic rings. The summed E-state index contributed by atoms with van der Waals surface area (Å²) in [5.41, 5.74) is 5.77. The Hall–Kier alpha value is -0.0800. The molecule has 0 aromatic carbocycles. The summed E-state index contributed by atoms with van der Waals surface area (Å²) in [7, 11) is 0. The topological polar surface area (TPSA) is 38.0 Å². The molecule has 0 bridgehead atoms. The number of nitrogens with one attached hydrogen (secondary N) is 1. The summed E-state index contributed by atoms with van der Waals surface area (Å²) in [6, 6.07) is 0.365. The quantitative estimate of drug-likeness (QED) is 0.555. The van der Waals surface area contributed by atoms with E-state index < -0.39 is 0 Å². The molecule has 2 heteroatoms. The van der Waals surface area contributed by atoms with Crippen LogP contribution in [0.1, 0.15) is 72.6 Å². The Bertz CT molecular complexity index is 168. The summed E-state index contributed by atoms with van der Waals surface area (Å²) in [6.45, 7) is 11.4. The zero-order valence-electron chi connectivity index (χ0n) is 13.2. The van der Waals surface area contributed by atoms with Crippen molar-refractivity contribution in [2.24, 2.45) is 17.6 Å². The lowest BCUT2D eigenvalue weighted by Crippen LogP contribution is -2.27. The zero-order chi connectivity index (χ0) is 13.8. The second-order valence-corrected chi connectivity index (χ2v) is 6.09. The highest BCUT2D eigenvalue weighted by atomic mass is 14.9. The van der Waals surface area contributed by atoms with Crippen LogP contribution < -0.4 is 11.1 Å². The average Bonchev–Trinajstić information content (AvgIpc) is 2.33. The Balaban J connectivity index is 3.49. The minimum Gasteiger partial charge on any atom is -0.328 e. The molecule has 2 nitrogen and oxygen atoms in total. The highest BCUT2D eigenvalue weighted by Crippen LogP contribution is 2.12. The van der Waals surface area contributed by atoms with E-state index in [0.29, 0.717) is 6.04 Å². The van der Waals surface area contributed by atoms with Crippen LogP contribution in [0.25, 0.3) is 0 Å². The molecule has 3 atom stereocenters. The molecule has 0 fully saturated rings. The van der Waals surface area contributed by atoms with Crippen molar-refractivity contribution in [3.8, 4) is 0 Å². The molecular formula is C16H36N2. The van der Waals surface area contributed by atoms with Crippen LogP contribution in [0.3, 0.4) is 0 Å². The zero-order valence-corrected chi connectivity index (χ0v) is 13.2. The summed E-state index contributed by atoms with van der Waals surface area (Å²) in [5.74, 6) is 1.66. The molecule has 3 unspecified atom stereocenters. The molecule has 0 aliphatic carbocycles. The van der Waals surface area contributed by atoms with E-state index in [4.69, 9.17) is 5.73 Å². The van der Waals surface area contributed by atoms with Crippen molar-refractivity contribution in [1.82, 2.24) is 5.32 Å². The lowest BCUT2D eigenvalue weighted by atomic mass is 9.98. The van der Waals surface area contributed by atoms with Gasteiger partial charge in [0, 0.05) is 6.04 Å². The van der Waals surface area contributed by atoms with E-state index in [1.54, 1.807) is 0 Å². The molecule has 0 saturated carbocycles. The van der Waals surface area contributed by atoms with Crippen molar-refractivity contribution >= 4 is 0 Å². The third-order valence-electron chi connectivity index (χ3n) is 3.83. The van der Waals surface area contributed by atoms with Gasteiger partial charge in [-0.1, -0.05) is 46.5 Å². The van der Waals surface area contributed by atoms with E-state index in [2.05, 4.69) is 33.0 Å². The van der Waals surface area contributed by atoms with E-state index >= 15 is 0 Å². The Morgan fingerprint density at radius 2 is 1.67 bits per heavy atom. The molecule has 0 aliphatic heterocycles. The third-order valence-corrected chi connectivity index (χ3v) is 3.83. The first-order valence-electron chi connectivity index (χ1n) is 8.06.